The van der Waals surface area contributed by atoms with Crippen molar-refractivity contribution >= 4 is 5.97 Å². The van der Waals surface area contributed by atoms with Gasteiger partial charge in [0.05, 0.1) is 11.4 Å². The van der Waals surface area contributed by atoms with Gasteiger partial charge in [-0.15, -0.1) is 0 Å². The maximum atomic E-state index is 11.3. The van der Waals surface area contributed by atoms with Gasteiger partial charge in [-0.1, -0.05) is 0 Å². The van der Waals surface area contributed by atoms with Gasteiger partial charge in [0.25, 0.3) is 0 Å². The van der Waals surface area contributed by atoms with E-state index in [1.165, 1.54) is 4.68 Å². The fraction of sp³-hybridized carbons (Fsp3) is 0.417. The maximum absolute atomic E-state index is 11.3. The second-order valence-electron chi connectivity index (χ2n) is 4.42. The fourth-order valence-electron chi connectivity index (χ4n) is 2.00. The zero-order chi connectivity index (χ0) is 14.3. The molecule has 0 aliphatic carbocycles. The number of hydrogen-bond acceptors (Lipinski definition) is 4. The molecular formula is C12H16N4O3. The van der Waals surface area contributed by atoms with Crippen LogP contribution in [0.5, 0.6) is 11.6 Å². The molecule has 0 amide bonds. The Morgan fingerprint density at radius 2 is 1.68 bits per heavy atom. The molecule has 0 radical (unpaired) electrons. The number of aryl methyl sites for hydroxylation is 4. The van der Waals surface area contributed by atoms with Crippen molar-refractivity contribution in [1.82, 2.24) is 19.6 Å². The first kappa shape index (κ1) is 13.1. The molecule has 0 saturated heterocycles. The number of carboxylic acid groups (broad SMARTS) is 1. The Bertz CT molecular complexity index is 654. The number of aromatic carboxylic acids is 1. The number of carbonyl (C=O) groups is 1. The van der Waals surface area contributed by atoms with Crippen LogP contribution in [-0.2, 0) is 14.1 Å². The summed E-state index contributed by atoms with van der Waals surface area (Å²) in [5.74, 6) is -0.281. The lowest BCUT2D eigenvalue weighted by molar-refractivity contribution is 0.0693. The van der Waals surface area contributed by atoms with E-state index in [1.807, 2.05) is 20.9 Å². The summed E-state index contributed by atoms with van der Waals surface area (Å²) in [7, 11) is 3.46. The van der Waals surface area contributed by atoms with E-state index in [-0.39, 0.29) is 11.4 Å². The van der Waals surface area contributed by atoms with E-state index in [1.54, 1.807) is 18.7 Å². The highest BCUT2D eigenvalue weighted by Crippen LogP contribution is 2.31. The van der Waals surface area contributed by atoms with Crippen LogP contribution >= 0.6 is 0 Å². The molecule has 0 aromatic carbocycles. The van der Waals surface area contributed by atoms with Crippen LogP contribution in [0.2, 0.25) is 0 Å². The molecular weight excluding hydrogens is 248 g/mol. The molecule has 0 aliphatic heterocycles. The van der Waals surface area contributed by atoms with Crippen LogP contribution in [0.4, 0.5) is 0 Å². The number of ether oxygens (including phenoxy) is 1. The van der Waals surface area contributed by atoms with Crippen molar-refractivity contribution in [2.75, 3.05) is 0 Å². The van der Waals surface area contributed by atoms with Crippen LogP contribution in [-0.4, -0.2) is 30.6 Å². The molecule has 0 bridgehead atoms. The molecule has 0 aliphatic rings. The van der Waals surface area contributed by atoms with Gasteiger partial charge in [-0.05, 0) is 20.8 Å². The van der Waals surface area contributed by atoms with E-state index >= 15 is 0 Å². The Kier molecular flexibility index (Phi) is 3.05. The van der Waals surface area contributed by atoms with Crippen molar-refractivity contribution in [2.24, 2.45) is 14.1 Å². The quantitative estimate of drug-likeness (QED) is 0.909. The summed E-state index contributed by atoms with van der Waals surface area (Å²) in [6.45, 7) is 5.31. The number of hydrogen-bond donors (Lipinski definition) is 1. The lowest BCUT2D eigenvalue weighted by atomic mass is 10.2. The van der Waals surface area contributed by atoms with Crippen molar-refractivity contribution in [1.29, 1.82) is 0 Å². The van der Waals surface area contributed by atoms with Crippen molar-refractivity contribution in [3.63, 3.8) is 0 Å². The van der Waals surface area contributed by atoms with Gasteiger partial charge in [0.1, 0.15) is 11.3 Å². The van der Waals surface area contributed by atoms with Gasteiger partial charge in [-0.3, -0.25) is 4.68 Å². The third-order valence-electron chi connectivity index (χ3n) is 3.02. The molecule has 19 heavy (non-hydrogen) atoms. The van der Waals surface area contributed by atoms with Crippen LogP contribution < -0.4 is 4.74 Å². The SMILES string of the molecule is Cc1nn(C)c(C)c1Oc1c(C(=O)O)c(C)nn1C. The molecule has 0 atom stereocenters. The molecule has 2 rings (SSSR count). The normalized spacial score (nSPS) is 10.8. The molecule has 102 valence electrons. The maximum Gasteiger partial charge on any atom is 0.343 e. The molecule has 2 aromatic heterocycles. The van der Waals surface area contributed by atoms with E-state index in [0.29, 0.717) is 17.1 Å². The van der Waals surface area contributed by atoms with Gasteiger partial charge in [0, 0.05) is 14.1 Å². The van der Waals surface area contributed by atoms with E-state index in [9.17, 15) is 9.90 Å². The molecule has 7 heteroatoms. The van der Waals surface area contributed by atoms with E-state index in [0.717, 1.165) is 5.69 Å². The summed E-state index contributed by atoms with van der Waals surface area (Å²) in [4.78, 5) is 11.3. The minimum absolute atomic E-state index is 0.0742. The Labute approximate surface area is 110 Å². The van der Waals surface area contributed by atoms with Crippen molar-refractivity contribution < 1.29 is 14.6 Å². The van der Waals surface area contributed by atoms with Crippen LogP contribution in [0, 0.1) is 20.8 Å². The monoisotopic (exact) mass is 264 g/mol. The predicted octanol–water partition coefficient (Wildman–Crippen LogP) is 1.57. The summed E-state index contributed by atoms with van der Waals surface area (Å²) in [6, 6.07) is 0. The molecule has 0 spiro atoms. The predicted molar refractivity (Wildman–Crippen MR) is 67.7 cm³/mol. The first-order valence-corrected chi connectivity index (χ1v) is 5.77. The number of rotatable bonds is 3. The van der Waals surface area contributed by atoms with Gasteiger partial charge in [-0.2, -0.15) is 10.2 Å². The molecule has 2 heterocycles. The summed E-state index contributed by atoms with van der Waals surface area (Å²) >= 11 is 0. The molecule has 7 nitrogen and oxygen atoms in total. The van der Waals surface area contributed by atoms with Crippen LogP contribution in [0.25, 0.3) is 0 Å². The largest absolute Gasteiger partial charge is 0.477 e. The average Bonchev–Trinajstić information content (AvgIpc) is 2.70. The van der Waals surface area contributed by atoms with E-state index < -0.39 is 5.97 Å². The van der Waals surface area contributed by atoms with Gasteiger partial charge >= 0.3 is 5.97 Å². The van der Waals surface area contributed by atoms with Gasteiger partial charge in [0.2, 0.25) is 5.88 Å². The van der Waals surface area contributed by atoms with Crippen LogP contribution in [0.1, 0.15) is 27.4 Å². The van der Waals surface area contributed by atoms with Crippen molar-refractivity contribution in [3.05, 3.63) is 22.6 Å². The highest BCUT2D eigenvalue weighted by molar-refractivity contribution is 5.91. The Hall–Kier alpha value is -2.31. The summed E-state index contributed by atoms with van der Waals surface area (Å²) in [5, 5.41) is 17.5. The van der Waals surface area contributed by atoms with Gasteiger partial charge in [0.15, 0.2) is 5.75 Å². The average molecular weight is 264 g/mol. The lowest BCUT2D eigenvalue weighted by Crippen LogP contribution is -2.03. The number of carboxylic acids is 1. The van der Waals surface area contributed by atoms with Crippen LogP contribution in [0.15, 0.2) is 0 Å². The molecule has 0 unspecified atom stereocenters. The second-order valence-corrected chi connectivity index (χ2v) is 4.42. The Morgan fingerprint density at radius 3 is 2.16 bits per heavy atom. The Morgan fingerprint density at radius 1 is 1.11 bits per heavy atom. The standard InChI is InChI=1S/C12H16N4O3/c1-6-9(12(17)18)11(16(5)13-6)19-10-7(2)14-15(4)8(10)3/h1-5H3,(H,17,18). The number of nitrogens with zero attached hydrogens (tertiary/aromatic N) is 4. The molecule has 0 fully saturated rings. The van der Waals surface area contributed by atoms with E-state index in [4.69, 9.17) is 4.74 Å². The minimum Gasteiger partial charge on any atom is -0.477 e. The zero-order valence-corrected chi connectivity index (χ0v) is 11.6. The van der Waals surface area contributed by atoms with Gasteiger partial charge < -0.3 is 9.84 Å². The minimum atomic E-state index is -1.06. The highest BCUT2D eigenvalue weighted by atomic mass is 16.5. The van der Waals surface area contributed by atoms with Crippen molar-refractivity contribution in [2.45, 2.75) is 20.8 Å². The molecule has 0 saturated carbocycles. The van der Waals surface area contributed by atoms with Gasteiger partial charge in [-0.25, -0.2) is 9.48 Å². The first-order chi connectivity index (χ1) is 8.82. The second kappa shape index (κ2) is 4.42. The molecule has 2 aromatic rings. The summed E-state index contributed by atoms with van der Waals surface area (Å²) < 4.78 is 8.85. The lowest BCUT2D eigenvalue weighted by Gasteiger charge is -2.07. The fourth-order valence-corrected chi connectivity index (χ4v) is 2.00. The third-order valence-corrected chi connectivity index (χ3v) is 3.02. The third kappa shape index (κ3) is 2.07. The van der Waals surface area contributed by atoms with Crippen molar-refractivity contribution in [3.8, 4) is 11.6 Å². The first-order valence-electron chi connectivity index (χ1n) is 5.77. The Balaban J connectivity index is 2.52. The number of aromatic nitrogens is 4. The highest BCUT2D eigenvalue weighted by Gasteiger charge is 2.23. The summed E-state index contributed by atoms with van der Waals surface area (Å²) in [5.41, 5.74) is 2.03. The molecule has 1 N–H and O–H groups in total. The topological polar surface area (TPSA) is 82.2 Å². The smallest absolute Gasteiger partial charge is 0.343 e. The zero-order valence-electron chi connectivity index (χ0n) is 11.6. The van der Waals surface area contributed by atoms with Crippen LogP contribution in [0.3, 0.4) is 0 Å². The van der Waals surface area contributed by atoms with E-state index in [2.05, 4.69) is 10.2 Å². The summed E-state index contributed by atoms with van der Waals surface area (Å²) in [6.07, 6.45) is 0.